The van der Waals surface area contributed by atoms with Crippen molar-refractivity contribution in [2.24, 2.45) is 0 Å². The normalized spacial score (nSPS) is 11.7. The molecule has 24 heavy (non-hydrogen) atoms. The van der Waals surface area contributed by atoms with Crippen LogP contribution in [0.3, 0.4) is 0 Å². The fraction of sp³-hybridized carbons (Fsp3) is 0.118. The number of carbonyl (C=O) groups is 1. The molecule has 0 radical (unpaired) electrons. The van der Waals surface area contributed by atoms with Crippen molar-refractivity contribution >= 4 is 34.1 Å². The number of fused-ring (bicyclic) bond motifs is 1. The number of alkyl halides is 3. The van der Waals surface area contributed by atoms with Gasteiger partial charge in [0, 0.05) is 27.8 Å². The predicted octanol–water partition coefficient (Wildman–Crippen LogP) is 5.02. The minimum absolute atomic E-state index is 0.0396. The lowest BCUT2D eigenvalue weighted by atomic mass is 10.1. The van der Waals surface area contributed by atoms with Crippen LogP contribution in [-0.2, 0) is 17.4 Å². The van der Waals surface area contributed by atoms with Crippen LogP contribution in [0.5, 0.6) is 0 Å². The number of nitrogens with one attached hydrogen (secondary N) is 2. The summed E-state index contributed by atoms with van der Waals surface area (Å²) in [6.07, 6.45) is -2.72. The zero-order valence-corrected chi connectivity index (χ0v) is 13.0. The standard InChI is InChI=1S/C17H12ClF3N2O/c18-12-4-5-14-10(9-22-15(14)8-12)6-16(24)23-13-3-1-2-11(7-13)17(19,20)21/h1-5,7-9,22H,6H2,(H,23,24). The summed E-state index contributed by atoms with van der Waals surface area (Å²) in [4.78, 5) is 15.1. The van der Waals surface area contributed by atoms with E-state index < -0.39 is 17.6 Å². The third-order valence-electron chi connectivity index (χ3n) is 3.55. The molecule has 0 unspecified atom stereocenters. The van der Waals surface area contributed by atoms with Crippen molar-refractivity contribution in [3.05, 3.63) is 64.8 Å². The van der Waals surface area contributed by atoms with Crippen LogP contribution in [0.15, 0.2) is 48.7 Å². The molecule has 1 heterocycles. The maximum Gasteiger partial charge on any atom is 0.416 e. The van der Waals surface area contributed by atoms with Crippen molar-refractivity contribution in [3.8, 4) is 0 Å². The molecule has 0 aliphatic rings. The monoisotopic (exact) mass is 352 g/mol. The van der Waals surface area contributed by atoms with Gasteiger partial charge in [0.1, 0.15) is 0 Å². The van der Waals surface area contributed by atoms with Crippen molar-refractivity contribution in [1.29, 1.82) is 0 Å². The second-order valence-electron chi connectivity index (χ2n) is 5.31. The molecule has 3 rings (SSSR count). The topological polar surface area (TPSA) is 44.9 Å². The Labute approximate surface area is 140 Å². The number of benzene rings is 2. The van der Waals surface area contributed by atoms with Gasteiger partial charge in [-0.25, -0.2) is 0 Å². The molecule has 0 atom stereocenters. The molecule has 0 aliphatic heterocycles. The number of H-pyrrole nitrogens is 1. The molecule has 0 spiro atoms. The van der Waals surface area contributed by atoms with Crippen LogP contribution in [0.1, 0.15) is 11.1 Å². The maximum absolute atomic E-state index is 12.7. The Morgan fingerprint density at radius 1 is 1.17 bits per heavy atom. The summed E-state index contributed by atoms with van der Waals surface area (Å²) in [7, 11) is 0. The lowest BCUT2D eigenvalue weighted by molar-refractivity contribution is -0.137. The van der Waals surface area contributed by atoms with E-state index in [0.717, 1.165) is 28.6 Å². The van der Waals surface area contributed by atoms with Gasteiger partial charge in [-0.3, -0.25) is 4.79 Å². The number of aromatic amines is 1. The van der Waals surface area contributed by atoms with Crippen LogP contribution in [0, 0.1) is 0 Å². The number of aromatic nitrogens is 1. The van der Waals surface area contributed by atoms with E-state index in [0.29, 0.717) is 5.02 Å². The first-order chi connectivity index (χ1) is 11.3. The highest BCUT2D eigenvalue weighted by Crippen LogP contribution is 2.30. The molecule has 1 aromatic heterocycles. The van der Waals surface area contributed by atoms with Crippen LogP contribution in [0.2, 0.25) is 5.02 Å². The van der Waals surface area contributed by atoms with E-state index in [-0.39, 0.29) is 12.1 Å². The van der Waals surface area contributed by atoms with Crippen molar-refractivity contribution in [1.82, 2.24) is 4.98 Å². The number of rotatable bonds is 3. The van der Waals surface area contributed by atoms with E-state index in [9.17, 15) is 18.0 Å². The first-order valence-corrected chi connectivity index (χ1v) is 7.43. The van der Waals surface area contributed by atoms with E-state index in [2.05, 4.69) is 10.3 Å². The van der Waals surface area contributed by atoms with Crippen LogP contribution in [0.25, 0.3) is 10.9 Å². The fourth-order valence-corrected chi connectivity index (χ4v) is 2.63. The molecule has 0 saturated carbocycles. The quantitative estimate of drug-likeness (QED) is 0.683. The molecule has 3 nitrogen and oxygen atoms in total. The number of halogens is 4. The molecule has 7 heteroatoms. The SMILES string of the molecule is O=C(Cc1c[nH]c2cc(Cl)ccc12)Nc1cccc(C(F)(F)F)c1. The van der Waals surface area contributed by atoms with Crippen LogP contribution in [-0.4, -0.2) is 10.9 Å². The van der Waals surface area contributed by atoms with Crippen molar-refractivity contribution in [2.45, 2.75) is 12.6 Å². The highest BCUT2D eigenvalue weighted by molar-refractivity contribution is 6.31. The number of hydrogen-bond donors (Lipinski definition) is 2. The van der Waals surface area contributed by atoms with Crippen LogP contribution < -0.4 is 5.32 Å². The first-order valence-electron chi connectivity index (χ1n) is 7.05. The Morgan fingerprint density at radius 2 is 1.96 bits per heavy atom. The predicted molar refractivity (Wildman–Crippen MR) is 87.1 cm³/mol. The van der Waals surface area contributed by atoms with Gasteiger partial charge in [0.05, 0.1) is 12.0 Å². The second-order valence-corrected chi connectivity index (χ2v) is 5.74. The smallest absolute Gasteiger partial charge is 0.361 e. The first kappa shape index (κ1) is 16.4. The molecule has 1 amide bonds. The Hall–Kier alpha value is -2.47. The van der Waals surface area contributed by atoms with E-state index >= 15 is 0 Å². The van der Waals surface area contributed by atoms with Gasteiger partial charge >= 0.3 is 6.18 Å². The van der Waals surface area contributed by atoms with Gasteiger partial charge in [0.2, 0.25) is 5.91 Å². The van der Waals surface area contributed by atoms with Gasteiger partial charge in [-0.2, -0.15) is 13.2 Å². The molecule has 2 aromatic carbocycles. The summed E-state index contributed by atoms with van der Waals surface area (Å²) < 4.78 is 38.1. The molecule has 2 N–H and O–H groups in total. The Kier molecular flexibility index (Phi) is 4.24. The van der Waals surface area contributed by atoms with Gasteiger partial charge in [-0.1, -0.05) is 23.7 Å². The van der Waals surface area contributed by atoms with Gasteiger partial charge < -0.3 is 10.3 Å². The lowest BCUT2D eigenvalue weighted by Gasteiger charge is -2.09. The Balaban J connectivity index is 1.76. The molecule has 0 aliphatic carbocycles. The summed E-state index contributed by atoms with van der Waals surface area (Å²) in [5, 5.41) is 3.91. The molecular weight excluding hydrogens is 341 g/mol. The van der Waals surface area contributed by atoms with Crippen molar-refractivity contribution in [3.63, 3.8) is 0 Å². The van der Waals surface area contributed by atoms with E-state index in [1.54, 1.807) is 24.4 Å². The molecule has 3 aromatic rings. The summed E-state index contributed by atoms with van der Waals surface area (Å²) in [5.74, 6) is -0.398. The molecular formula is C17H12ClF3N2O. The van der Waals surface area contributed by atoms with Crippen molar-refractivity contribution in [2.75, 3.05) is 5.32 Å². The second kappa shape index (κ2) is 6.20. The Bertz CT molecular complexity index is 902. The lowest BCUT2D eigenvalue weighted by Crippen LogP contribution is -2.15. The number of amides is 1. The van der Waals surface area contributed by atoms with Gasteiger partial charge in [-0.05, 0) is 35.9 Å². The highest BCUT2D eigenvalue weighted by Gasteiger charge is 2.30. The minimum Gasteiger partial charge on any atom is -0.361 e. The number of anilines is 1. The average molecular weight is 353 g/mol. The summed E-state index contributed by atoms with van der Waals surface area (Å²) in [6.45, 7) is 0. The third-order valence-corrected chi connectivity index (χ3v) is 3.79. The fourth-order valence-electron chi connectivity index (χ4n) is 2.46. The average Bonchev–Trinajstić information content (AvgIpc) is 2.88. The minimum atomic E-state index is -4.45. The van der Waals surface area contributed by atoms with Crippen LogP contribution >= 0.6 is 11.6 Å². The zero-order valence-electron chi connectivity index (χ0n) is 12.2. The van der Waals surface area contributed by atoms with Crippen LogP contribution in [0.4, 0.5) is 18.9 Å². The maximum atomic E-state index is 12.7. The highest BCUT2D eigenvalue weighted by atomic mass is 35.5. The van der Waals surface area contributed by atoms with E-state index in [1.807, 2.05) is 0 Å². The van der Waals surface area contributed by atoms with Gasteiger partial charge in [0.25, 0.3) is 0 Å². The summed E-state index contributed by atoms with van der Waals surface area (Å²) in [5.41, 5.74) is 0.843. The molecule has 0 fully saturated rings. The number of carbonyl (C=O) groups excluding carboxylic acids is 1. The van der Waals surface area contributed by atoms with Gasteiger partial charge in [0.15, 0.2) is 0 Å². The Morgan fingerprint density at radius 3 is 2.71 bits per heavy atom. The molecule has 0 saturated heterocycles. The summed E-state index contributed by atoms with van der Waals surface area (Å²) >= 11 is 5.90. The zero-order chi connectivity index (χ0) is 17.3. The number of hydrogen-bond acceptors (Lipinski definition) is 1. The molecule has 124 valence electrons. The van der Waals surface area contributed by atoms with E-state index in [4.69, 9.17) is 11.6 Å². The van der Waals surface area contributed by atoms with E-state index in [1.165, 1.54) is 12.1 Å². The molecule has 0 bridgehead atoms. The summed E-state index contributed by atoms with van der Waals surface area (Å²) in [6, 6.07) is 9.79. The third kappa shape index (κ3) is 3.54. The van der Waals surface area contributed by atoms with Gasteiger partial charge in [-0.15, -0.1) is 0 Å². The largest absolute Gasteiger partial charge is 0.416 e. The van der Waals surface area contributed by atoms with Crippen molar-refractivity contribution < 1.29 is 18.0 Å².